The lowest BCUT2D eigenvalue weighted by Gasteiger charge is -2.37. The standard InChI is InChI=1S/C29H37N5O4/c1-20-7-6-10-25-26(20)31-29(37)34(25)23-13-15-32(16-14-23)28(36)30-24-12-11-22(21-8-4-3-5-9-21)19-33(27(24)35)17-18-38-2/h3-5,8-10,22-24,28,30,36H,11-19H2,1-2H3,(H,31,37)/t22-,24-,28?/m1/s1. The number of carbonyl (C=O) groups excluding carboxylic acids is 1. The molecular formula is C29H37N5O4. The van der Waals surface area contributed by atoms with E-state index in [9.17, 15) is 14.7 Å². The number of allylic oxidation sites excluding steroid dienone is 1. The van der Waals surface area contributed by atoms with Crippen LogP contribution in [0, 0.1) is 0 Å². The van der Waals surface area contributed by atoms with Crippen molar-refractivity contribution in [1.29, 1.82) is 0 Å². The van der Waals surface area contributed by atoms with Gasteiger partial charge in [0.2, 0.25) is 5.91 Å². The van der Waals surface area contributed by atoms with Crippen molar-refractivity contribution in [3.05, 3.63) is 69.2 Å². The van der Waals surface area contributed by atoms with E-state index in [0.29, 0.717) is 39.2 Å². The highest BCUT2D eigenvalue weighted by molar-refractivity contribution is 5.82. The Kier molecular flexibility index (Phi) is 8.15. The summed E-state index contributed by atoms with van der Waals surface area (Å²) in [6, 6.07) is 9.87. The number of imidazole rings is 1. The summed E-state index contributed by atoms with van der Waals surface area (Å²) < 4.78 is 7.08. The molecule has 2 aliphatic heterocycles. The van der Waals surface area contributed by atoms with Gasteiger partial charge in [-0.05, 0) is 38.2 Å². The van der Waals surface area contributed by atoms with Crippen LogP contribution in [0.1, 0.15) is 61.5 Å². The molecular weight excluding hydrogens is 482 g/mol. The summed E-state index contributed by atoms with van der Waals surface area (Å²) in [7, 11) is 1.64. The number of aliphatic hydroxyl groups excluding tert-OH is 1. The Morgan fingerprint density at radius 1 is 1.16 bits per heavy atom. The number of rotatable bonds is 8. The zero-order chi connectivity index (χ0) is 26.6. The first kappa shape index (κ1) is 26.4. The monoisotopic (exact) mass is 519 g/mol. The molecule has 3 N–H and O–H groups in total. The molecule has 2 aromatic rings. The molecule has 0 saturated carbocycles. The number of methoxy groups -OCH3 is 1. The summed E-state index contributed by atoms with van der Waals surface area (Å²) in [5, 5.41) is 14.3. The number of piperidine rings is 1. The number of aliphatic hydroxyl groups is 1. The summed E-state index contributed by atoms with van der Waals surface area (Å²) in [6.07, 6.45) is 3.80. The SMILES string of the molecule is COCCN1C[C@H](c2ccccc2)CC[C@@H](NC(O)N2CCC(n3c4c([nH]c3=O)C(C)=C=C=C4)CC2)C1=O. The van der Waals surface area contributed by atoms with Gasteiger partial charge in [-0.1, -0.05) is 41.8 Å². The van der Waals surface area contributed by atoms with E-state index in [1.807, 2.05) is 39.5 Å². The van der Waals surface area contributed by atoms with E-state index in [4.69, 9.17) is 4.74 Å². The third-order valence-electron chi connectivity index (χ3n) is 8.06. The molecule has 3 atom stereocenters. The molecule has 0 radical (unpaired) electrons. The van der Waals surface area contributed by atoms with Gasteiger partial charge in [0.1, 0.15) is 0 Å². The molecule has 9 nitrogen and oxygen atoms in total. The van der Waals surface area contributed by atoms with Crippen molar-refractivity contribution in [2.24, 2.45) is 0 Å². The second kappa shape index (κ2) is 11.7. The number of fused-ring (bicyclic) bond motifs is 1. The zero-order valence-electron chi connectivity index (χ0n) is 22.2. The number of likely N-dealkylation sites (tertiary alicyclic amines) is 2. The maximum Gasteiger partial charge on any atom is 0.326 e. The maximum absolute atomic E-state index is 13.5. The highest BCUT2D eigenvalue weighted by atomic mass is 16.5. The van der Waals surface area contributed by atoms with Crippen molar-refractivity contribution < 1.29 is 14.6 Å². The van der Waals surface area contributed by atoms with E-state index in [2.05, 4.69) is 33.9 Å². The van der Waals surface area contributed by atoms with Crippen molar-refractivity contribution in [2.45, 2.75) is 57.0 Å². The zero-order valence-corrected chi connectivity index (χ0v) is 22.2. The Bertz CT molecular complexity index is 1290. The third-order valence-corrected chi connectivity index (χ3v) is 8.06. The molecule has 1 aromatic heterocycles. The fourth-order valence-electron chi connectivity index (χ4n) is 5.91. The van der Waals surface area contributed by atoms with Crippen LogP contribution < -0.4 is 11.0 Å². The van der Waals surface area contributed by atoms with Gasteiger partial charge in [-0.3, -0.25) is 19.6 Å². The Hall–Kier alpha value is -3.16. The Balaban J connectivity index is 1.23. The average Bonchev–Trinajstić information content (AvgIpc) is 3.20. The summed E-state index contributed by atoms with van der Waals surface area (Å²) >= 11 is 0. The predicted molar refractivity (Wildman–Crippen MR) is 145 cm³/mol. The second-order valence-electron chi connectivity index (χ2n) is 10.4. The van der Waals surface area contributed by atoms with Crippen molar-refractivity contribution in [3.8, 4) is 0 Å². The van der Waals surface area contributed by atoms with Crippen LogP contribution in [-0.2, 0) is 9.53 Å². The second-order valence-corrected chi connectivity index (χ2v) is 10.4. The van der Waals surface area contributed by atoms with Crippen molar-refractivity contribution in [2.75, 3.05) is 39.9 Å². The van der Waals surface area contributed by atoms with Crippen molar-refractivity contribution in [1.82, 2.24) is 24.7 Å². The Morgan fingerprint density at radius 3 is 2.66 bits per heavy atom. The van der Waals surface area contributed by atoms with Crippen LogP contribution in [0.4, 0.5) is 0 Å². The lowest BCUT2D eigenvalue weighted by atomic mass is 9.93. The van der Waals surface area contributed by atoms with Gasteiger partial charge >= 0.3 is 5.69 Å². The van der Waals surface area contributed by atoms with Crippen LogP contribution in [0.15, 0.2) is 46.6 Å². The number of H-pyrrole nitrogens is 1. The van der Waals surface area contributed by atoms with Gasteiger partial charge in [0, 0.05) is 56.9 Å². The Morgan fingerprint density at radius 2 is 1.92 bits per heavy atom. The molecule has 2 fully saturated rings. The molecule has 1 unspecified atom stereocenters. The minimum Gasteiger partial charge on any atom is -0.383 e. The van der Waals surface area contributed by atoms with Gasteiger partial charge in [-0.25, -0.2) is 4.79 Å². The number of hydrogen-bond donors (Lipinski definition) is 3. The molecule has 3 aliphatic rings. The lowest BCUT2D eigenvalue weighted by molar-refractivity contribution is -0.136. The highest BCUT2D eigenvalue weighted by Crippen LogP contribution is 2.29. The molecule has 38 heavy (non-hydrogen) atoms. The number of benzene rings is 1. The van der Waals surface area contributed by atoms with E-state index in [1.165, 1.54) is 5.56 Å². The number of hydrogen-bond acceptors (Lipinski definition) is 6. The number of nitrogens with one attached hydrogen (secondary N) is 2. The smallest absolute Gasteiger partial charge is 0.326 e. The van der Waals surface area contributed by atoms with Crippen molar-refractivity contribution in [3.63, 3.8) is 0 Å². The summed E-state index contributed by atoms with van der Waals surface area (Å²) in [6.45, 7) is 4.77. The fraction of sp³-hybridized carbons (Fsp3) is 0.517. The molecule has 1 aromatic carbocycles. The van der Waals surface area contributed by atoms with E-state index >= 15 is 0 Å². The van der Waals surface area contributed by atoms with Crippen LogP contribution in [0.25, 0.3) is 11.6 Å². The first-order valence-electron chi connectivity index (χ1n) is 13.5. The molecule has 202 valence electrons. The topological polar surface area (TPSA) is 103 Å². The summed E-state index contributed by atoms with van der Waals surface area (Å²) in [4.78, 5) is 33.0. The molecule has 0 bridgehead atoms. The lowest BCUT2D eigenvalue weighted by Crippen LogP contribution is -2.56. The predicted octanol–water partition coefficient (Wildman–Crippen LogP) is 2.28. The molecule has 3 heterocycles. The largest absolute Gasteiger partial charge is 0.383 e. The van der Waals surface area contributed by atoms with E-state index in [1.54, 1.807) is 13.2 Å². The highest BCUT2D eigenvalue weighted by Gasteiger charge is 2.35. The molecule has 5 rings (SSSR count). The van der Waals surface area contributed by atoms with E-state index < -0.39 is 12.4 Å². The molecule has 9 heteroatoms. The molecule has 2 saturated heterocycles. The van der Waals surface area contributed by atoms with Crippen LogP contribution >= 0.6 is 0 Å². The van der Waals surface area contributed by atoms with Gasteiger partial charge in [0.25, 0.3) is 0 Å². The molecule has 0 spiro atoms. The average molecular weight is 520 g/mol. The number of nitrogens with zero attached hydrogens (tertiary/aromatic N) is 3. The minimum absolute atomic E-state index is 0.00295. The number of carbonyl (C=O) groups is 1. The maximum atomic E-state index is 13.5. The van der Waals surface area contributed by atoms with Gasteiger partial charge in [0.15, 0.2) is 6.35 Å². The van der Waals surface area contributed by atoms with Crippen LogP contribution in [0.2, 0.25) is 0 Å². The van der Waals surface area contributed by atoms with Crippen LogP contribution in [-0.4, -0.2) is 82.7 Å². The molecule has 1 amide bonds. The first-order chi connectivity index (χ1) is 18.5. The van der Waals surface area contributed by atoms with Crippen molar-refractivity contribution >= 4 is 17.6 Å². The normalized spacial score (nSPS) is 23.3. The van der Waals surface area contributed by atoms with Gasteiger partial charge in [0.05, 0.1) is 24.0 Å². The summed E-state index contributed by atoms with van der Waals surface area (Å²) in [5.74, 6) is 0.243. The van der Waals surface area contributed by atoms with Crippen LogP contribution in [0.3, 0.4) is 0 Å². The molecule has 1 aliphatic carbocycles. The first-order valence-corrected chi connectivity index (χ1v) is 13.5. The van der Waals surface area contributed by atoms with Crippen LogP contribution in [0.5, 0.6) is 0 Å². The number of aromatic amines is 1. The minimum atomic E-state index is -0.938. The van der Waals surface area contributed by atoms with Gasteiger partial charge in [-0.2, -0.15) is 0 Å². The van der Waals surface area contributed by atoms with E-state index in [0.717, 1.165) is 36.2 Å². The van der Waals surface area contributed by atoms with Gasteiger partial charge in [-0.15, -0.1) is 0 Å². The third kappa shape index (κ3) is 5.49. The fourth-order valence-corrected chi connectivity index (χ4v) is 5.91. The number of aromatic nitrogens is 2. The number of amides is 1. The summed E-state index contributed by atoms with van der Waals surface area (Å²) in [5.41, 5.74) is 9.64. The Labute approximate surface area is 223 Å². The number of ether oxygens (including phenoxy) is 1. The van der Waals surface area contributed by atoms with E-state index in [-0.39, 0.29) is 23.6 Å². The van der Waals surface area contributed by atoms with Gasteiger partial charge < -0.3 is 19.7 Å². The quantitative estimate of drug-likeness (QED) is 0.365.